The molecule has 0 aromatic rings. The fraction of sp³-hybridized carbons (Fsp3) is 0.778. The van der Waals surface area contributed by atoms with Crippen LogP contribution in [0.3, 0.4) is 0 Å². The average Bonchev–Trinajstić information content (AvgIpc) is 2.15. The summed E-state index contributed by atoms with van der Waals surface area (Å²) < 4.78 is 0. The van der Waals surface area contributed by atoms with E-state index in [0.29, 0.717) is 19.5 Å². The minimum atomic E-state index is -0.865. The van der Waals surface area contributed by atoms with Crippen LogP contribution in [0.25, 0.3) is 0 Å². The summed E-state index contributed by atoms with van der Waals surface area (Å²) in [6.45, 7) is 0.722. The Kier molecular flexibility index (Phi) is 6.64. The normalized spacial score (nSPS) is 12.7. The Balaban J connectivity index is 3.92. The second kappa shape index (κ2) is 7.19. The molecule has 0 fully saturated rings. The summed E-state index contributed by atoms with van der Waals surface area (Å²) >= 11 is 0. The molecule has 0 rings (SSSR count). The Morgan fingerprint density at radius 3 is 2.20 bits per heavy atom. The van der Waals surface area contributed by atoms with Crippen molar-refractivity contribution in [1.82, 2.24) is 4.90 Å². The van der Waals surface area contributed by atoms with Crippen molar-refractivity contribution in [3.05, 3.63) is 0 Å². The van der Waals surface area contributed by atoms with Crippen LogP contribution in [0.15, 0.2) is 0 Å². The molecule has 6 heteroatoms. The number of hydrogen-bond donors (Lipinski definition) is 3. The van der Waals surface area contributed by atoms with Gasteiger partial charge in [0.15, 0.2) is 0 Å². The van der Waals surface area contributed by atoms with E-state index >= 15 is 0 Å². The molecule has 0 radical (unpaired) electrons. The van der Waals surface area contributed by atoms with E-state index in [1.807, 2.05) is 0 Å². The first-order valence-electron chi connectivity index (χ1n) is 4.81. The van der Waals surface area contributed by atoms with Crippen molar-refractivity contribution in [2.75, 3.05) is 20.1 Å². The average molecular weight is 218 g/mol. The molecule has 0 aromatic heterocycles. The van der Waals surface area contributed by atoms with E-state index in [9.17, 15) is 9.59 Å². The molecule has 0 amide bonds. The highest BCUT2D eigenvalue weighted by Gasteiger charge is 2.15. The van der Waals surface area contributed by atoms with Gasteiger partial charge >= 0.3 is 11.9 Å². The number of carboxylic acids is 2. The summed E-state index contributed by atoms with van der Waals surface area (Å²) in [7, 11) is 1.75. The highest BCUT2D eigenvalue weighted by molar-refractivity contribution is 5.67. The Hall–Kier alpha value is -1.14. The number of carboxylic acid groups (broad SMARTS) is 2. The fourth-order valence-electron chi connectivity index (χ4n) is 1.26. The van der Waals surface area contributed by atoms with E-state index in [-0.39, 0.29) is 18.9 Å². The highest BCUT2D eigenvalue weighted by atomic mass is 16.4. The maximum atomic E-state index is 10.4. The lowest BCUT2D eigenvalue weighted by Gasteiger charge is -2.25. The third kappa shape index (κ3) is 6.87. The summed E-state index contributed by atoms with van der Waals surface area (Å²) in [5.74, 6) is -1.73. The summed E-state index contributed by atoms with van der Waals surface area (Å²) in [4.78, 5) is 22.5. The Labute approximate surface area is 88.7 Å². The van der Waals surface area contributed by atoms with Gasteiger partial charge in [0.2, 0.25) is 0 Å². The Morgan fingerprint density at radius 1 is 1.27 bits per heavy atom. The predicted molar refractivity (Wildman–Crippen MR) is 54.6 cm³/mol. The van der Waals surface area contributed by atoms with Gasteiger partial charge in [-0.2, -0.15) is 0 Å². The maximum absolute atomic E-state index is 10.4. The van der Waals surface area contributed by atoms with Crippen LogP contribution in [0, 0.1) is 0 Å². The van der Waals surface area contributed by atoms with Crippen LogP contribution < -0.4 is 5.73 Å². The molecule has 0 saturated carbocycles. The molecule has 4 N–H and O–H groups in total. The zero-order chi connectivity index (χ0) is 11.8. The smallest absolute Gasteiger partial charge is 0.304 e. The quantitative estimate of drug-likeness (QED) is 0.511. The van der Waals surface area contributed by atoms with Gasteiger partial charge in [-0.3, -0.25) is 9.59 Å². The van der Waals surface area contributed by atoms with Crippen molar-refractivity contribution in [1.29, 1.82) is 0 Å². The molecule has 0 saturated heterocycles. The predicted octanol–water partition coefficient (Wildman–Crippen LogP) is -0.415. The maximum Gasteiger partial charge on any atom is 0.304 e. The van der Waals surface area contributed by atoms with Crippen LogP contribution in [-0.2, 0) is 9.59 Å². The molecular formula is C9H18N2O4. The summed E-state index contributed by atoms with van der Waals surface area (Å²) in [5, 5.41) is 17.0. The topological polar surface area (TPSA) is 104 Å². The zero-order valence-electron chi connectivity index (χ0n) is 8.85. The van der Waals surface area contributed by atoms with E-state index in [4.69, 9.17) is 15.9 Å². The van der Waals surface area contributed by atoms with E-state index in [0.717, 1.165) is 0 Å². The second-order valence-electron chi connectivity index (χ2n) is 3.45. The van der Waals surface area contributed by atoms with E-state index < -0.39 is 11.9 Å². The summed E-state index contributed by atoms with van der Waals surface area (Å²) in [5.41, 5.74) is 5.48. The summed E-state index contributed by atoms with van der Waals surface area (Å²) in [6.07, 6.45) is 0.543. The second-order valence-corrected chi connectivity index (χ2v) is 3.45. The SMILES string of the molecule is CN(CCC(=O)O)C(CN)CCC(=O)O. The molecule has 0 aromatic carbocycles. The first-order valence-corrected chi connectivity index (χ1v) is 4.81. The van der Waals surface area contributed by atoms with Crippen LogP contribution in [-0.4, -0.2) is 53.2 Å². The third-order valence-electron chi connectivity index (χ3n) is 2.27. The van der Waals surface area contributed by atoms with Gasteiger partial charge in [0.05, 0.1) is 6.42 Å². The first kappa shape index (κ1) is 13.9. The van der Waals surface area contributed by atoms with Crippen molar-refractivity contribution in [3.63, 3.8) is 0 Å². The van der Waals surface area contributed by atoms with Crippen molar-refractivity contribution in [3.8, 4) is 0 Å². The summed E-state index contributed by atoms with van der Waals surface area (Å²) in [6, 6.07) is -0.0690. The van der Waals surface area contributed by atoms with Crippen LogP contribution in [0.5, 0.6) is 0 Å². The molecule has 15 heavy (non-hydrogen) atoms. The molecule has 1 atom stereocenters. The number of hydrogen-bond acceptors (Lipinski definition) is 4. The lowest BCUT2D eigenvalue weighted by Crippen LogP contribution is -2.39. The molecule has 88 valence electrons. The van der Waals surface area contributed by atoms with Gasteiger partial charge in [0.1, 0.15) is 0 Å². The number of nitrogens with zero attached hydrogens (tertiary/aromatic N) is 1. The molecule has 0 aliphatic carbocycles. The van der Waals surface area contributed by atoms with Gasteiger partial charge in [-0.15, -0.1) is 0 Å². The van der Waals surface area contributed by atoms with Gasteiger partial charge in [-0.25, -0.2) is 0 Å². The third-order valence-corrected chi connectivity index (χ3v) is 2.27. The molecular weight excluding hydrogens is 200 g/mol. The van der Waals surface area contributed by atoms with E-state index in [1.165, 1.54) is 0 Å². The van der Waals surface area contributed by atoms with E-state index in [2.05, 4.69) is 0 Å². The van der Waals surface area contributed by atoms with Crippen molar-refractivity contribution >= 4 is 11.9 Å². The van der Waals surface area contributed by atoms with Gasteiger partial charge < -0.3 is 20.8 Å². The van der Waals surface area contributed by atoms with Gasteiger partial charge in [0.25, 0.3) is 0 Å². The van der Waals surface area contributed by atoms with Gasteiger partial charge in [-0.05, 0) is 13.5 Å². The lowest BCUT2D eigenvalue weighted by molar-refractivity contribution is -0.139. The number of nitrogens with two attached hydrogens (primary N) is 1. The lowest BCUT2D eigenvalue weighted by atomic mass is 10.1. The molecule has 0 aliphatic heterocycles. The number of rotatable bonds is 8. The highest BCUT2D eigenvalue weighted by Crippen LogP contribution is 2.04. The van der Waals surface area contributed by atoms with E-state index in [1.54, 1.807) is 11.9 Å². The van der Waals surface area contributed by atoms with Gasteiger partial charge in [0, 0.05) is 25.6 Å². The Morgan fingerprint density at radius 2 is 1.80 bits per heavy atom. The van der Waals surface area contributed by atoms with Crippen molar-refractivity contribution in [2.45, 2.75) is 25.3 Å². The standard InChI is InChI=1S/C9H18N2O4/c1-11(5-4-9(14)15)7(6-10)2-3-8(12)13/h7H,2-6,10H2,1H3,(H,12,13)(H,14,15). The monoisotopic (exact) mass is 218 g/mol. The number of likely N-dealkylation sites (N-methyl/N-ethyl adjacent to an activating group) is 1. The minimum Gasteiger partial charge on any atom is -0.481 e. The largest absolute Gasteiger partial charge is 0.481 e. The number of carbonyl (C=O) groups is 2. The zero-order valence-corrected chi connectivity index (χ0v) is 8.85. The van der Waals surface area contributed by atoms with Crippen LogP contribution in [0.2, 0.25) is 0 Å². The Bertz CT molecular complexity index is 220. The first-order chi connectivity index (χ1) is 6.97. The molecule has 0 bridgehead atoms. The van der Waals surface area contributed by atoms with Crippen LogP contribution in [0.1, 0.15) is 19.3 Å². The molecule has 0 spiro atoms. The molecule has 0 aliphatic rings. The molecule has 1 unspecified atom stereocenters. The molecule has 0 heterocycles. The van der Waals surface area contributed by atoms with Gasteiger partial charge in [-0.1, -0.05) is 0 Å². The van der Waals surface area contributed by atoms with Crippen LogP contribution >= 0.6 is 0 Å². The van der Waals surface area contributed by atoms with Crippen molar-refractivity contribution < 1.29 is 19.8 Å². The fourth-order valence-corrected chi connectivity index (χ4v) is 1.26. The van der Waals surface area contributed by atoms with Crippen molar-refractivity contribution in [2.24, 2.45) is 5.73 Å². The minimum absolute atomic E-state index is 0.0417. The molecule has 6 nitrogen and oxygen atoms in total. The van der Waals surface area contributed by atoms with Crippen LogP contribution in [0.4, 0.5) is 0 Å². The number of aliphatic carboxylic acids is 2.